The van der Waals surface area contributed by atoms with Crippen molar-refractivity contribution in [1.82, 2.24) is 0 Å². The summed E-state index contributed by atoms with van der Waals surface area (Å²) < 4.78 is 10.9. The topological polar surface area (TPSA) is 35.5 Å². The zero-order valence-corrected chi connectivity index (χ0v) is 9.50. The smallest absolute Gasteiger partial charge is 0.166 e. The van der Waals surface area contributed by atoms with Crippen LogP contribution in [0, 0.1) is 5.92 Å². The number of Topliss-reactive ketones (excluding diaryl/α,β-unsaturated/α-hetero) is 1. The van der Waals surface area contributed by atoms with Crippen LogP contribution in [0.25, 0.3) is 0 Å². The van der Waals surface area contributed by atoms with Crippen molar-refractivity contribution in [1.29, 1.82) is 0 Å². The largest absolute Gasteiger partial charge is 0.347 e. The first-order chi connectivity index (χ1) is 6.46. The second-order valence-corrected chi connectivity index (χ2v) is 4.41. The van der Waals surface area contributed by atoms with E-state index >= 15 is 0 Å². The van der Waals surface area contributed by atoms with E-state index in [2.05, 4.69) is 6.92 Å². The third-order valence-electron chi connectivity index (χ3n) is 2.53. The molecule has 1 saturated heterocycles. The van der Waals surface area contributed by atoms with Crippen LogP contribution in [0.15, 0.2) is 0 Å². The van der Waals surface area contributed by atoms with Gasteiger partial charge in [0, 0.05) is 5.92 Å². The molecule has 3 nitrogen and oxygen atoms in total. The minimum atomic E-state index is -0.591. The van der Waals surface area contributed by atoms with Crippen LogP contribution in [0.1, 0.15) is 40.5 Å². The lowest BCUT2D eigenvalue weighted by Gasteiger charge is -2.18. The minimum absolute atomic E-state index is 0.0856. The van der Waals surface area contributed by atoms with E-state index in [1.54, 1.807) is 0 Å². The van der Waals surface area contributed by atoms with E-state index in [4.69, 9.17) is 9.47 Å². The predicted octanol–water partition coefficient (Wildman–Crippen LogP) is 2.14. The Hall–Kier alpha value is -0.410. The fourth-order valence-electron chi connectivity index (χ4n) is 1.72. The number of ether oxygens (including phenoxy) is 2. The molecule has 2 atom stereocenters. The quantitative estimate of drug-likeness (QED) is 0.697. The number of rotatable bonds is 4. The van der Waals surface area contributed by atoms with Crippen molar-refractivity contribution < 1.29 is 14.3 Å². The summed E-state index contributed by atoms with van der Waals surface area (Å²) in [5.74, 6) is -0.327. The Kier molecular flexibility index (Phi) is 3.67. The summed E-state index contributed by atoms with van der Waals surface area (Å²) in [6.07, 6.45) is 1.61. The second-order valence-electron chi connectivity index (χ2n) is 4.41. The molecule has 1 rings (SSSR count). The van der Waals surface area contributed by atoms with Gasteiger partial charge in [0.2, 0.25) is 0 Å². The first kappa shape index (κ1) is 11.7. The van der Waals surface area contributed by atoms with E-state index in [0.717, 1.165) is 12.8 Å². The Balaban J connectivity index is 2.47. The number of ketones is 1. The molecule has 0 spiro atoms. The van der Waals surface area contributed by atoms with Gasteiger partial charge in [0.15, 0.2) is 11.6 Å². The Morgan fingerprint density at radius 3 is 2.64 bits per heavy atom. The zero-order chi connectivity index (χ0) is 10.8. The van der Waals surface area contributed by atoms with Crippen molar-refractivity contribution in [2.45, 2.75) is 52.4 Å². The maximum absolute atomic E-state index is 11.8. The van der Waals surface area contributed by atoms with Gasteiger partial charge in [-0.25, -0.2) is 0 Å². The molecule has 0 N–H and O–H groups in total. The normalized spacial score (nSPS) is 27.6. The van der Waals surface area contributed by atoms with Crippen LogP contribution in [0.2, 0.25) is 0 Å². The maximum Gasteiger partial charge on any atom is 0.166 e. The van der Waals surface area contributed by atoms with E-state index in [1.807, 2.05) is 20.8 Å². The van der Waals surface area contributed by atoms with Gasteiger partial charge < -0.3 is 9.47 Å². The van der Waals surface area contributed by atoms with Crippen LogP contribution in [-0.4, -0.2) is 24.3 Å². The Morgan fingerprint density at radius 1 is 1.57 bits per heavy atom. The highest BCUT2D eigenvalue weighted by atomic mass is 16.7. The molecule has 1 aliphatic heterocycles. The standard InChI is InChI=1S/C11H20O3/c1-5-6-8(2)10(12)9-7-13-11(3,4)14-9/h8-9H,5-7H2,1-4H3/t8?,9-/m1/s1. The molecule has 82 valence electrons. The monoisotopic (exact) mass is 200 g/mol. The van der Waals surface area contributed by atoms with Crippen molar-refractivity contribution in [3.05, 3.63) is 0 Å². The van der Waals surface area contributed by atoms with E-state index in [9.17, 15) is 4.79 Å². The van der Waals surface area contributed by atoms with Crippen LogP contribution in [0.5, 0.6) is 0 Å². The molecular weight excluding hydrogens is 180 g/mol. The highest BCUT2D eigenvalue weighted by Gasteiger charge is 2.38. The number of hydrogen-bond acceptors (Lipinski definition) is 3. The summed E-state index contributed by atoms with van der Waals surface area (Å²) >= 11 is 0. The lowest BCUT2D eigenvalue weighted by Crippen LogP contribution is -2.30. The third kappa shape index (κ3) is 2.79. The van der Waals surface area contributed by atoms with Crippen molar-refractivity contribution in [2.75, 3.05) is 6.61 Å². The van der Waals surface area contributed by atoms with Gasteiger partial charge >= 0.3 is 0 Å². The van der Waals surface area contributed by atoms with Gasteiger partial charge in [-0.1, -0.05) is 20.3 Å². The van der Waals surface area contributed by atoms with E-state index < -0.39 is 5.79 Å². The first-order valence-corrected chi connectivity index (χ1v) is 5.32. The molecule has 0 aromatic carbocycles. The lowest BCUT2D eigenvalue weighted by molar-refractivity contribution is -0.154. The van der Waals surface area contributed by atoms with Gasteiger partial charge in [0.05, 0.1) is 6.61 Å². The van der Waals surface area contributed by atoms with Crippen molar-refractivity contribution in [3.8, 4) is 0 Å². The van der Waals surface area contributed by atoms with Gasteiger partial charge in [0.25, 0.3) is 0 Å². The Morgan fingerprint density at radius 2 is 2.21 bits per heavy atom. The molecule has 1 unspecified atom stereocenters. The molecular formula is C11H20O3. The summed E-state index contributed by atoms with van der Waals surface area (Å²) in [6.45, 7) is 8.12. The van der Waals surface area contributed by atoms with Gasteiger partial charge in [-0.2, -0.15) is 0 Å². The molecule has 1 heterocycles. The van der Waals surface area contributed by atoms with E-state index in [-0.39, 0.29) is 17.8 Å². The summed E-state index contributed by atoms with van der Waals surface area (Å²) in [4.78, 5) is 11.8. The maximum atomic E-state index is 11.8. The van der Waals surface area contributed by atoms with Gasteiger partial charge in [-0.05, 0) is 20.3 Å². The van der Waals surface area contributed by atoms with E-state index in [0.29, 0.717) is 6.61 Å². The Labute approximate surface area is 85.8 Å². The fraction of sp³-hybridized carbons (Fsp3) is 0.909. The molecule has 0 radical (unpaired) electrons. The Bertz CT molecular complexity index is 211. The number of hydrogen-bond donors (Lipinski definition) is 0. The highest BCUT2D eigenvalue weighted by molar-refractivity contribution is 5.85. The second kappa shape index (κ2) is 4.41. The molecule has 1 aliphatic rings. The number of carbonyl (C=O) groups is 1. The molecule has 0 aliphatic carbocycles. The molecule has 0 saturated carbocycles. The van der Waals surface area contributed by atoms with Crippen LogP contribution in [0.3, 0.4) is 0 Å². The van der Waals surface area contributed by atoms with Crippen LogP contribution >= 0.6 is 0 Å². The van der Waals surface area contributed by atoms with Crippen LogP contribution in [-0.2, 0) is 14.3 Å². The molecule has 0 amide bonds. The summed E-state index contributed by atoms with van der Waals surface area (Å²) in [5, 5.41) is 0. The van der Waals surface area contributed by atoms with Crippen molar-refractivity contribution in [2.24, 2.45) is 5.92 Å². The van der Waals surface area contributed by atoms with Gasteiger partial charge in [0.1, 0.15) is 6.10 Å². The minimum Gasteiger partial charge on any atom is -0.347 e. The molecule has 0 bridgehead atoms. The van der Waals surface area contributed by atoms with Crippen molar-refractivity contribution >= 4 is 5.78 Å². The zero-order valence-electron chi connectivity index (χ0n) is 9.50. The molecule has 3 heteroatoms. The van der Waals surface area contributed by atoms with Crippen molar-refractivity contribution in [3.63, 3.8) is 0 Å². The fourth-order valence-corrected chi connectivity index (χ4v) is 1.72. The predicted molar refractivity (Wildman–Crippen MR) is 54.0 cm³/mol. The summed E-state index contributed by atoms with van der Waals surface area (Å²) in [5.41, 5.74) is 0. The number of carbonyl (C=O) groups excluding carboxylic acids is 1. The van der Waals surface area contributed by atoms with Gasteiger partial charge in [-0.3, -0.25) is 4.79 Å². The molecule has 0 aromatic rings. The molecule has 14 heavy (non-hydrogen) atoms. The summed E-state index contributed by atoms with van der Waals surface area (Å²) in [6, 6.07) is 0. The lowest BCUT2D eigenvalue weighted by atomic mass is 9.97. The molecule has 0 aromatic heterocycles. The molecule has 1 fully saturated rings. The average Bonchev–Trinajstić information content (AvgIpc) is 2.45. The average molecular weight is 200 g/mol. The van der Waals surface area contributed by atoms with Crippen LogP contribution in [0.4, 0.5) is 0 Å². The SMILES string of the molecule is CCCC(C)C(=O)[C@H]1COC(C)(C)O1. The third-order valence-corrected chi connectivity index (χ3v) is 2.53. The van der Waals surface area contributed by atoms with Crippen LogP contribution < -0.4 is 0 Å². The first-order valence-electron chi connectivity index (χ1n) is 5.32. The van der Waals surface area contributed by atoms with Gasteiger partial charge in [-0.15, -0.1) is 0 Å². The highest BCUT2D eigenvalue weighted by Crippen LogP contribution is 2.25. The van der Waals surface area contributed by atoms with E-state index in [1.165, 1.54) is 0 Å². The summed E-state index contributed by atoms with van der Waals surface area (Å²) in [7, 11) is 0.